The van der Waals surface area contributed by atoms with Crippen LogP contribution in [0.5, 0.6) is 0 Å². The number of rotatable bonds is 0. The molecule has 0 N–H and O–H groups in total. The first kappa shape index (κ1) is 6.35. The maximum atomic E-state index is 2.48. The molecule has 3 heterocycles. The molecular weight excluding hydrogens is 148 g/mol. The van der Waals surface area contributed by atoms with E-state index in [1.807, 2.05) is 0 Å². The third kappa shape index (κ3) is 0.697. The number of nitrogens with zero attached hydrogens (tertiary/aromatic N) is 2. The third-order valence-electron chi connectivity index (χ3n) is 2.84. The van der Waals surface area contributed by atoms with Gasteiger partial charge in [0.15, 0.2) is 0 Å². The van der Waals surface area contributed by atoms with Gasteiger partial charge in [0.1, 0.15) is 0 Å². The summed E-state index contributed by atoms with van der Waals surface area (Å²) in [6.07, 6.45) is 0. The van der Waals surface area contributed by atoms with Gasteiger partial charge in [0.25, 0.3) is 0 Å². The number of piperazine rings is 1. The Labute approximate surface area is 72.4 Å². The molecule has 0 spiro atoms. The molecule has 12 heavy (non-hydrogen) atoms. The zero-order valence-corrected chi connectivity index (χ0v) is 7.03. The first-order valence-corrected chi connectivity index (χ1v) is 4.54. The Bertz CT molecular complexity index is 269. The van der Waals surface area contributed by atoms with Crippen molar-refractivity contribution in [2.24, 2.45) is 0 Å². The van der Waals surface area contributed by atoms with Crippen LogP contribution >= 0.6 is 0 Å². The van der Waals surface area contributed by atoms with E-state index in [0.29, 0.717) is 0 Å². The quantitative estimate of drug-likeness (QED) is 0.565. The van der Waals surface area contributed by atoms with E-state index in [2.05, 4.69) is 34.1 Å². The molecule has 0 aromatic heterocycles. The molecule has 2 bridgehead atoms. The lowest BCUT2D eigenvalue weighted by Crippen LogP contribution is -2.51. The number of anilines is 2. The highest BCUT2D eigenvalue weighted by Crippen LogP contribution is 2.35. The van der Waals surface area contributed by atoms with Crippen LogP contribution in [0.4, 0.5) is 11.4 Å². The lowest BCUT2D eigenvalue weighted by molar-refractivity contribution is 0.624. The average Bonchev–Trinajstić information content (AvgIpc) is 2.20. The minimum Gasteiger partial charge on any atom is -0.366 e. The molecule has 0 saturated carbocycles. The summed E-state index contributed by atoms with van der Waals surface area (Å²) in [6, 6.07) is 8.70. The first-order chi connectivity index (χ1) is 5.95. The van der Waals surface area contributed by atoms with Crippen molar-refractivity contribution in [1.82, 2.24) is 0 Å². The SMILES string of the molecule is c1ccc2c(c1)N1CCN2CC1. The summed E-state index contributed by atoms with van der Waals surface area (Å²) < 4.78 is 0. The predicted molar refractivity (Wildman–Crippen MR) is 50.9 cm³/mol. The molecule has 1 aromatic carbocycles. The van der Waals surface area contributed by atoms with Gasteiger partial charge in [-0.25, -0.2) is 0 Å². The average molecular weight is 160 g/mol. The van der Waals surface area contributed by atoms with Gasteiger partial charge < -0.3 is 9.80 Å². The Morgan fingerprint density at radius 3 is 1.58 bits per heavy atom. The van der Waals surface area contributed by atoms with Crippen LogP contribution < -0.4 is 9.80 Å². The summed E-state index contributed by atoms with van der Waals surface area (Å²) >= 11 is 0. The van der Waals surface area contributed by atoms with Crippen LogP contribution in [-0.2, 0) is 0 Å². The molecule has 0 amide bonds. The lowest BCUT2D eigenvalue weighted by Gasteiger charge is -2.45. The number of hydrogen-bond acceptors (Lipinski definition) is 2. The summed E-state index contributed by atoms with van der Waals surface area (Å²) in [6.45, 7) is 4.82. The highest BCUT2D eigenvalue weighted by Gasteiger charge is 2.26. The molecule has 0 radical (unpaired) electrons. The Balaban J connectivity index is 2.19. The summed E-state index contributed by atoms with van der Waals surface area (Å²) in [5.74, 6) is 0. The molecular formula is C10H12N2. The minimum atomic E-state index is 1.21. The van der Waals surface area contributed by atoms with E-state index in [1.165, 1.54) is 37.6 Å². The van der Waals surface area contributed by atoms with E-state index in [0.717, 1.165) is 0 Å². The summed E-state index contributed by atoms with van der Waals surface area (Å²) in [5.41, 5.74) is 2.85. The normalized spacial score (nSPS) is 19.7. The first-order valence-electron chi connectivity index (χ1n) is 4.54. The van der Waals surface area contributed by atoms with Crippen LogP contribution in [0.25, 0.3) is 0 Å². The monoisotopic (exact) mass is 160 g/mol. The molecule has 0 aliphatic carbocycles. The topological polar surface area (TPSA) is 6.48 Å². The molecule has 0 atom stereocenters. The maximum Gasteiger partial charge on any atom is 0.0605 e. The molecule has 1 saturated heterocycles. The molecule has 2 nitrogen and oxygen atoms in total. The van der Waals surface area contributed by atoms with Gasteiger partial charge in [-0.15, -0.1) is 0 Å². The van der Waals surface area contributed by atoms with Crippen LogP contribution in [0.2, 0.25) is 0 Å². The number of benzene rings is 1. The minimum absolute atomic E-state index is 1.21. The molecule has 62 valence electrons. The van der Waals surface area contributed by atoms with Crippen LogP contribution in [0.15, 0.2) is 24.3 Å². The zero-order valence-electron chi connectivity index (χ0n) is 7.03. The maximum absolute atomic E-state index is 2.48. The number of para-hydroxylation sites is 2. The summed E-state index contributed by atoms with van der Waals surface area (Å²) in [4.78, 5) is 4.96. The fourth-order valence-electron chi connectivity index (χ4n) is 2.19. The lowest BCUT2D eigenvalue weighted by atomic mass is 10.1. The van der Waals surface area contributed by atoms with Gasteiger partial charge in [-0.1, -0.05) is 12.1 Å². The fraction of sp³-hybridized carbons (Fsp3) is 0.400. The smallest absolute Gasteiger partial charge is 0.0605 e. The molecule has 2 heteroatoms. The highest BCUT2D eigenvalue weighted by molar-refractivity contribution is 5.75. The Hall–Kier alpha value is -1.18. The summed E-state index contributed by atoms with van der Waals surface area (Å²) in [5, 5.41) is 0. The van der Waals surface area contributed by atoms with Crippen LogP contribution in [-0.4, -0.2) is 26.2 Å². The largest absolute Gasteiger partial charge is 0.366 e. The van der Waals surface area contributed by atoms with Crippen LogP contribution in [0, 0.1) is 0 Å². The van der Waals surface area contributed by atoms with Crippen molar-refractivity contribution < 1.29 is 0 Å². The second kappa shape index (κ2) is 2.16. The van der Waals surface area contributed by atoms with Crippen molar-refractivity contribution in [2.45, 2.75) is 0 Å². The van der Waals surface area contributed by atoms with Crippen molar-refractivity contribution in [3.05, 3.63) is 24.3 Å². The predicted octanol–water partition coefficient (Wildman–Crippen LogP) is 1.33. The van der Waals surface area contributed by atoms with E-state index in [4.69, 9.17) is 0 Å². The molecule has 4 rings (SSSR count). The van der Waals surface area contributed by atoms with Gasteiger partial charge in [0, 0.05) is 26.2 Å². The Morgan fingerprint density at radius 1 is 0.750 bits per heavy atom. The van der Waals surface area contributed by atoms with Gasteiger partial charge in [0.05, 0.1) is 11.4 Å². The van der Waals surface area contributed by atoms with Gasteiger partial charge in [-0.3, -0.25) is 0 Å². The Morgan fingerprint density at radius 2 is 1.17 bits per heavy atom. The van der Waals surface area contributed by atoms with E-state index in [-0.39, 0.29) is 0 Å². The second-order valence-corrected chi connectivity index (χ2v) is 3.46. The standard InChI is InChI=1S/C10H12N2/c1-2-4-10-9(3-1)11-5-7-12(10)8-6-11/h1-4H,5-8H2. The van der Waals surface area contributed by atoms with Crippen molar-refractivity contribution >= 4 is 11.4 Å². The van der Waals surface area contributed by atoms with Crippen molar-refractivity contribution in [2.75, 3.05) is 36.0 Å². The summed E-state index contributed by atoms with van der Waals surface area (Å²) in [7, 11) is 0. The van der Waals surface area contributed by atoms with E-state index in [9.17, 15) is 0 Å². The highest BCUT2D eigenvalue weighted by atomic mass is 15.3. The molecule has 1 fully saturated rings. The zero-order chi connectivity index (χ0) is 7.97. The van der Waals surface area contributed by atoms with Crippen LogP contribution in [0.3, 0.4) is 0 Å². The molecule has 0 unspecified atom stereocenters. The third-order valence-corrected chi connectivity index (χ3v) is 2.84. The van der Waals surface area contributed by atoms with Gasteiger partial charge in [0.2, 0.25) is 0 Å². The van der Waals surface area contributed by atoms with E-state index >= 15 is 0 Å². The van der Waals surface area contributed by atoms with Crippen molar-refractivity contribution in [1.29, 1.82) is 0 Å². The molecule has 3 aliphatic heterocycles. The number of fused-ring (bicyclic) bond motifs is 2. The van der Waals surface area contributed by atoms with E-state index in [1.54, 1.807) is 0 Å². The Kier molecular flexibility index (Phi) is 1.14. The van der Waals surface area contributed by atoms with Crippen LogP contribution in [0.1, 0.15) is 0 Å². The molecule has 3 aliphatic rings. The van der Waals surface area contributed by atoms with Crippen molar-refractivity contribution in [3.63, 3.8) is 0 Å². The van der Waals surface area contributed by atoms with Crippen molar-refractivity contribution in [3.8, 4) is 0 Å². The van der Waals surface area contributed by atoms with Gasteiger partial charge in [-0.05, 0) is 12.1 Å². The number of hydrogen-bond donors (Lipinski definition) is 0. The second-order valence-electron chi connectivity index (χ2n) is 3.46. The molecule has 1 aromatic rings. The van der Waals surface area contributed by atoms with Gasteiger partial charge in [-0.2, -0.15) is 0 Å². The van der Waals surface area contributed by atoms with Gasteiger partial charge >= 0.3 is 0 Å². The fourth-order valence-corrected chi connectivity index (χ4v) is 2.19. The van der Waals surface area contributed by atoms with E-state index < -0.39 is 0 Å².